The summed E-state index contributed by atoms with van der Waals surface area (Å²) >= 11 is 5.97. The van der Waals surface area contributed by atoms with E-state index in [0.717, 1.165) is 19.5 Å². The number of hydrogen-bond donors (Lipinski definition) is 1. The molecule has 96 valence electrons. The van der Waals surface area contributed by atoms with Crippen LogP contribution in [0, 0.1) is 0 Å². The Bertz CT molecular complexity index is 488. The second kappa shape index (κ2) is 6.20. The molecule has 0 aromatic carbocycles. The zero-order valence-corrected chi connectivity index (χ0v) is 10.8. The fraction of sp³-hybridized carbons (Fsp3) is 0.364. The van der Waals surface area contributed by atoms with Crippen molar-refractivity contribution in [2.24, 2.45) is 0 Å². The molecule has 0 atom stereocenters. The number of imidazole rings is 1. The van der Waals surface area contributed by atoms with E-state index in [2.05, 4.69) is 20.3 Å². The van der Waals surface area contributed by atoms with Gasteiger partial charge in [0.05, 0.1) is 19.6 Å². The van der Waals surface area contributed by atoms with Crippen molar-refractivity contribution in [3.63, 3.8) is 0 Å². The van der Waals surface area contributed by atoms with Crippen molar-refractivity contribution < 1.29 is 4.74 Å². The number of anilines is 1. The van der Waals surface area contributed by atoms with Gasteiger partial charge >= 0.3 is 6.01 Å². The van der Waals surface area contributed by atoms with Gasteiger partial charge in [0.25, 0.3) is 0 Å². The lowest BCUT2D eigenvalue weighted by Gasteiger charge is -2.08. The molecule has 1 N–H and O–H groups in total. The number of methoxy groups -OCH3 is 1. The van der Waals surface area contributed by atoms with Crippen LogP contribution in [0.3, 0.4) is 0 Å². The first-order valence-electron chi connectivity index (χ1n) is 5.55. The number of aryl methyl sites for hydroxylation is 1. The van der Waals surface area contributed by atoms with E-state index in [1.807, 2.05) is 10.8 Å². The summed E-state index contributed by atoms with van der Waals surface area (Å²) < 4.78 is 6.96. The first-order chi connectivity index (χ1) is 8.79. The summed E-state index contributed by atoms with van der Waals surface area (Å²) in [7, 11) is 1.52. The van der Waals surface area contributed by atoms with Crippen LogP contribution in [-0.2, 0) is 6.54 Å². The predicted molar refractivity (Wildman–Crippen MR) is 68.9 cm³/mol. The van der Waals surface area contributed by atoms with Crippen molar-refractivity contribution in [2.45, 2.75) is 13.0 Å². The van der Waals surface area contributed by atoms with Gasteiger partial charge in [0.2, 0.25) is 0 Å². The highest BCUT2D eigenvalue weighted by molar-refractivity contribution is 6.32. The zero-order chi connectivity index (χ0) is 12.8. The summed E-state index contributed by atoms with van der Waals surface area (Å²) in [5.74, 6) is 0.592. The molecule has 6 nitrogen and oxygen atoms in total. The normalized spacial score (nSPS) is 10.3. The monoisotopic (exact) mass is 267 g/mol. The minimum atomic E-state index is 0.302. The average molecular weight is 268 g/mol. The molecular formula is C11H14ClN5O. The zero-order valence-electron chi connectivity index (χ0n) is 10.0. The minimum absolute atomic E-state index is 0.302. The number of rotatable bonds is 6. The van der Waals surface area contributed by atoms with Crippen molar-refractivity contribution in [1.82, 2.24) is 19.5 Å². The number of halogens is 1. The van der Waals surface area contributed by atoms with E-state index < -0.39 is 0 Å². The number of nitrogens with one attached hydrogen (secondary N) is 1. The van der Waals surface area contributed by atoms with Crippen molar-refractivity contribution >= 4 is 17.4 Å². The van der Waals surface area contributed by atoms with Gasteiger partial charge in [-0.1, -0.05) is 11.6 Å². The summed E-state index contributed by atoms with van der Waals surface area (Å²) in [6, 6.07) is 0.302. The lowest BCUT2D eigenvalue weighted by atomic mass is 10.4. The third kappa shape index (κ3) is 3.33. The van der Waals surface area contributed by atoms with E-state index in [1.165, 1.54) is 13.3 Å². The van der Waals surface area contributed by atoms with Crippen molar-refractivity contribution in [2.75, 3.05) is 19.0 Å². The molecule has 0 radical (unpaired) electrons. The molecule has 2 heterocycles. The van der Waals surface area contributed by atoms with Gasteiger partial charge in [0.15, 0.2) is 5.82 Å². The summed E-state index contributed by atoms with van der Waals surface area (Å²) in [4.78, 5) is 12.0. The van der Waals surface area contributed by atoms with E-state index in [9.17, 15) is 0 Å². The predicted octanol–water partition coefficient (Wildman–Crippen LogP) is 1.84. The van der Waals surface area contributed by atoms with Crippen LogP contribution >= 0.6 is 11.6 Å². The van der Waals surface area contributed by atoms with Crippen LogP contribution in [0.1, 0.15) is 6.42 Å². The van der Waals surface area contributed by atoms with E-state index in [-0.39, 0.29) is 0 Å². The Morgan fingerprint density at radius 1 is 1.50 bits per heavy atom. The van der Waals surface area contributed by atoms with Gasteiger partial charge in [0, 0.05) is 25.5 Å². The average Bonchev–Trinajstić information content (AvgIpc) is 2.89. The molecule has 0 saturated carbocycles. The van der Waals surface area contributed by atoms with Crippen LogP contribution < -0.4 is 10.1 Å². The molecular weight excluding hydrogens is 254 g/mol. The van der Waals surface area contributed by atoms with Crippen molar-refractivity contribution in [1.29, 1.82) is 0 Å². The molecule has 0 aliphatic carbocycles. The lowest BCUT2D eigenvalue weighted by molar-refractivity contribution is 0.380. The Morgan fingerprint density at radius 2 is 2.39 bits per heavy atom. The second-order valence-electron chi connectivity index (χ2n) is 3.63. The molecule has 2 rings (SSSR count). The van der Waals surface area contributed by atoms with Gasteiger partial charge in [-0.05, 0) is 6.42 Å². The van der Waals surface area contributed by atoms with Crippen LogP contribution in [0.5, 0.6) is 6.01 Å². The Labute approximate surface area is 110 Å². The van der Waals surface area contributed by atoms with Gasteiger partial charge in [-0.3, -0.25) is 0 Å². The number of nitrogens with zero attached hydrogens (tertiary/aromatic N) is 4. The van der Waals surface area contributed by atoms with E-state index in [4.69, 9.17) is 16.3 Å². The van der Waals surface area contributed by atoms with Gasteiger partial charge < -0.3 is 14.6 Å². The highest BCUT2D eigenvalue weighted by Gasteiger charge is 2.04. The Hall–Kier alpha value is -1.82. The highest BCUT2D eigenvalue weighted by atomic mass is 35.5. The molecule has 2 aromatic heterocycles. The Kier molecular flexibility index (Phi) is 4.35. The molecule has 18 heavy (non-hydrogen) atoms. The third-order valence-electron chi connectivity index (χ3n) is 2.35. The fourth-order valence-electron chi connectivity index (χ4n) is 1.46. The standard InChI is InChI=1S/C11H14ClN5O/c1-18-11-15-7-9(12)10(16-11)14-3-2-5-17-6-4-13-8-17/h4,6-8H,2-3,5H2,1H3,(H,14,15,16). The maximum Gasteiger partial charge on any atom is 0.318 e. The number of hydrogen-bond acceptors (Lipinski definition) is 5. The smallest absolute Gasteiger partial charge is 0.318 e. The van der Waals surface area contributed by atoms with Gasteiger partial charge in [-0.25, -0.2) is 9.97 Å². The van der Waals surface area contributed by atoms with Crippen LogP contribution in [0.2, 0.25) is 5.02 Å². The molecule has 0 spiro atoms. The molecule has 0 fully saturated rings. The second-order valence-corrected chi connectivity index (χ2v) is 4.04. The largest absolute Gasteiger partial charge is 0.467 e. The maximum atomic E-state index is 5.97. The Balaban J connectivity index is 1.82. The summed E-state index contributed by atoms with van der Waals surface area (Å²) in [5, 5.41) is 3.64. The molecule has 0 aliphatic rings. The number of aromatic nitrogens is 4. The van der Waals surface area contributed by atoms with Crippen LogP contribution in [0.15, 0.2) is 24.9 Å². The molecule has 0 saturated heterocycles. The summed E-state index contributed by atoms with van der Waals surface area (Å²) in [6.45, 7) is 1.66. The fourth-order valence-corrected chi connectivity index (χ4v) is 1.62. The molecule has 0 aliphatic heterocycles. The molecule has 2 aromatic rings. The maximum absolute atomic E-state index is 5.97. The van der Waals surface area contributed by atoms with Crippen molar-refractivity contribution in [3.8, 4) is 6.01 Å². The molecule has 0 unspecified atom stereocenters. The van der Waals surface area contributed by atoms with Gasteiger partial charge in [-0.2, -0.15) is 4.98 Å². The number of ether oxygens (including phenoxy) is 1. The van der Waals surface area contributed by atoms with Gasteiger partial charge in [0.1, 0.15) is 5.02 Å². The lowest BCUT2D eigenvalue weighted by Crippen LogP contribution is -2.08. The highest BCUT2D eigenvalue weighted by Crippen LogP contribution is 2.19. The van der Waals surface area contributed by atoms with E-state index in [1.54, 1.807) is 12.5 Å². The Morgan fingerprint density at radius 3 is 3.11 bits per heavy atom. The summed E-state index contributed by atoms with van der Waals surface area (Å²) in [5.41, 5.74) is 0. The van der Waals surface area contributed by atoms with E-state index >= 15 is 0 Å². The molecule has 7 heteroatoms. The van der Waals surface area contributed by atoms with Crippen LogP contribution in [-0.4, -0.2) is 33.2 Å². The molecule has 0 bridgehead atoms. The van der Waals surface area contributed by atoms with Crippen LogP contribution in [0.25, 0.3) is 0 Å². The first-order valence-corrected chi connectivity index (χ1v) is 5.93. The third-order valence-corrected chi connectivity index (χ3v) is 2.63. The van der Waals surface area contributed by atoms with Crippen molar-refractivity contribution in [3.05, 3.63) is 29.9 Å². The van der Waals surface area contributed by atoms with Gasteiger partial charge in [-0.15, -0.1) is 0 Å². The topological polar surface area (TPSA) is 64.9 Å². The quantitative estimate of drug-likeness (QED) is 0.809. The summed E-state index contributed by atoms with van der Waals surface area (Å²) in [6.07, 6.45) is 7.95. The van der Waals surface area contributed by atoms with Crippen LogP contribution in [0.4, 0.5) is 5.82 Å². The van der Waals surface area contributed by atoms with E-state index in [0.29, 0.717) is 16.9 Å². The minimum Gasteiger partial charge on any atom is -0.467 e. The molecule has 0 amide bonds. The SMILES string of the molecule is COc1ncc(Cl)c(NCCCn2ccnc2)n1. The first kappa shape index (κ1) is 12.6.